The molecule has 0 spiro atoms. The molecule has 1 atom stereocenters. The molecule has 1 aliphatic rings. The fourth-order valence-electron chi connectivity index (χ4n) is 1.91. The summed E-state index contributed by atoms with van der Waals surface area (Å²) in [7, 11) is 0. The Bertz CT molecular complexity index is 240. The molecule has 1 heterocycles. The Kier molecular flexibility index (Phi) is 4.70. The second-order valence-electron chi connectivity index (χ2n) is 4.33. The molecule has 0 amide bonds. The number of carboxylic acids is 1. The number of aliphatic carboxylic acids is 1. The molecule has 0 radical (unpaired) electrons. The highest BCUT2D eigenvalue weighted by atomic mass is 16.5. The maximum atomic E-state index is 11.0. The first kappa shape index (κ1) is 13.4. The topological polar surface area (TPSA) is 70.0 Å². The minimum Gasteiger partial charge on any atom is -0.480 e. The normalized spacial score (nSPS) is 23.3. The molecule has 0 aliphatic carbocycles. The molecule has 2 N–H and O–H groups in total. The van der Waals surface area contributed by atoms with E-state index >= 15 is 0 Å². The number of ether oxygens (including phenoxy) is 1. The van der Waals surface area contributed by atoms with Crippen molar-refractivity contribution in [3.8, 4) is 0 Å². The van der Waals surface area contributed by atoms with Gasteiger partial charge < -0.3 is 14.9 Å². The zero-order chi connectivity index (χ0) is 12.2. The molecule has 0 bridgehead atoms. The van der Waals surface area contributed by atoms with Crippen LogP contribution in [-0.2, 0) is 9.53 Å². The van der Waals surface area contributed by atoms with Gasteiger partial charge in [0.1, 0.15) is 6.04 Å². The molecule has 0 saturated carbocycles. The molecule has 1 rings (SSSR count). The lowest BCUT2D eigenvalue weighted by Gasteiger charge is -2.38. The van der Waals surface area contributed by atoms with Crippen molar-refractivity contribution in [1.29, 1.82) is 0 Å². The van der Waals surface area contributed by atoms with Gasteiger partial charge in [0.05, 0.1) is 18.8 Å². The molecule has 0 aromatic heterocycles. The highest BCUT2D eigenvalue weighted by Gasteiger charge is 2.34. The number of nitrogens with zero attached hydrogens (tertiary/aromatic N) is 1. The third-order valence-electron chi connectivity index (χ3n) is 3.34. The van der Waals surface area contributed by atoms with Gasteiger partial charge in [-0.1, -0.05) is 13.8 Å². The summed E-state index contributed by atoms with van der Waals surface area (Å²) in [5.41, 5.74) is -0.787. The molecule has 0 aromatic carbocycles. The van der Waals surface area contributed by atoms with Crippen molar-refractivity contribution in [2.24, 2.45) is 0 Å². The third kappa shape index (κ3) is 3.17. The maximum Gasteiger partial charge on any atom is 0.323 e. The van der Waals surface area contributed by atoms with Gasteiger partial charge in [-0.15, -0.1) is 0 Å². The van der Waals surface area contributed by atoms with Crippen LogP contribution in [0.5, 0.6) is 0 Å². The van der Waals surface area contributed by atoms with Crippen LogP contribution in [0, 0.1) is 0 Å². The van der Waals surface area contributed by atoms with E-state index in [0.717, 1.165) is 0 Å². The van der Waals surface area contributed by atoms with Gasteiger partial charge in [-0.25, -0.2) is 0 Å². The Morgan fingerprint density at radius 2 is 2.12 bits per heavy atom. The molecule has 94 valence electrons. The lowest BCUT2D eigenvalue weighted by atomic mass is 9.96. The van der Waals surface area contributed by atoms with Crippen LogP contribution in [0.2, 0.25) is 0 Å². The molecule has 0 aromatic rings. The van der Waals surface area contributed by atoms with Gasteiger partial charge in [-0.2, -0.15) is 0 Å². The number of carboxylic acid groups (broad SMARTS) is 1. The molecule has 1 unspecified atom stereocenters. The summed E-state index contributed by atoms with van der Waals surface area (Å²) in [6.45, 7) is 5.55. The number of hydrogen-bond donors (Lipinski definition) is 2. The molecular weight excluding hydrogens is 210 g/mol. The van der Waals surface area contributed by atoms with E-state index in [1.807, 2.05) is 13.8 Å². The predicted octanol–water partition coefficient (Wildman–Crippen LogP) is 0.323. The van der Waals surface area contributed by atoms with Gasteiger partial charge in [0.15, 0.2) is 0 Å². The smallest absolute Gasteiger partial charge is 0.323 e. The fraction of sp³-hybridized carbons (Fsp3) is 0.909. The summed E-state index contributed by atoms with van der Waals surface area (Å²) in [5, 5.41) is 19.3. The molecular formula is C11H21NO4. The third-order valence-corrected chi connectivity index (χ3v) is 3.34. The number of rotatable bonds is 5. The number of hydrogen-bond acceptors (Lipinski definition) is 4. The van der Waals surface area contributed by atoms with E-state index < -0.39 is 17.6 Å². The van der Waals surface area contributed by atoms with Gasteiger partial charge in [0, 0.05) is 13.1 Å². The van der Waals surface area contributed by atoms with Crippen molar-refractivity contribution in [3.05, 3.63) is 0 Å². The van der Waals surface area contributed by atoms with Gasteiger partial charge in [-0.3, -0.25) is 9.69 Å². The van der Waals surface area contributed by atoms with Crippen LogP contribution >= 0.6 is 0 Å². The van der Waals surface area contributed by atoms with Crippen LogP contribution in [0.4, 0.5) is 0 Å². The highest BCUT2D eigenvalue weighted by Crippen LogP contribution is 2.19. The van der Waals surface area contributed by atoms with Crippen LogP contribution < -0.4 is 0 Å². The van der Waals surface area contributed by atoms with Crippen molar-refractivity contribution in [1.82, 2.24) is 4.90 Å². The van der Waals surface area contributed by atoms with E-state index in [1.165, 1.54) is 0 Å². The van der Waals surface area contributed by atoms with Crippen molar-refractivity contribution < 1.29 is 19.7 Å². The van der Waals surface area contributed by atoms with Crippen molar-refractivity contribution >= 4 is 5.97 Å². The van der Waals surface area contributed by atoms with E-state index in [-0.39, 0.29) is 6.61 Å². The van der Waals surface area contributed by atoms with E-state index in [2.05, 4.69) is 0 Å². The first-order valence-electron chi connectivity index (χ1n) is 5.79. The Balaban J connectivity index is 2.65. The number of morpholine rings is 1. The molecule has 1 fully saturated rings. The lowest BCUT2D eigenvalue weighted by molar-refractivity contribution is -0.152. The van der Waals surface area contributed by atoms with Crippen molar-refractivity contribution in [3.63, 3.8) is 0 Å². The van der Waals surface area contributed by atoms with Gasteiger partial charge >= 0.3 is 5.97 Å². The predicted molar refractivity (Wildman–Crippen MR) is 59.3 cm³/mol. The Morgan fingerprint density at radius 1 is 1.50 bits per heavy atom. The summed E-state index contributed by atoms with van der Waals surface area (Å²) in [6.07, 6.45) is 1.26. The zero-order valence-electron chi connectivity index (χ0n) is 9.98. The maximum absolute atomic E-state index is 11.0. The minimum absolute atomic E-state index is 0.207. The van der Waals surface area contributed by atoms with E-state index in [0.29, 0.717) is 32.5 Å². The van der Waals surface area contributed by atoms with Crippen LogP contribution in [0.15, 0.2) is 0 Å². The minimum atomic E-state index is -0.880. The zero-order valence-corrected chi connectivity index (χ0v) is 9.98. The number of carbonyl (C=O) groups is 1. The summed E-state index contributed by atoms with van der Waals surface area (Å²) < 4.78 is 5.15. The SMILES string of the molecule is CCC(O)(CC)CN1CCOCC1C(=O)O. The Hall–Kier alpha value is -0.650. The average molecular weight is 231 g/mol. The highest BCUT2D eigenvalue weighted by molar-refractivity contribution is 5.73. The molecule has 1 saturated heterocycles. The van der Waals surface area contributed by atoms with Crippen molar-refractivity contribution in [2.45, 2.75) is 38.3 Å². The van der Waals surface area contributed by atoms with E-state index in [4.69, 9.17) is 9.84 Å². The van der Waals surface area contributed by atoms with E-state index in [9.17, 15) is 9.90 Å². The Labute approximate surface area is 96.0 Å². The summed E-state index contributed by atoms with van der Waals surface area (Å²) >= 11 is 0. The van der Waals surface area contributed by atoms with Crippen LogP contribution in [-0.4, -0.2) is 59.0 Å². The molecule has 16 heavy (non-hydrogen) atoms. The van der Waals surface area contributed by atoms with Gasteiger partial charge in [0.2, 0.25) is 0 Å². The van der Waals surface area contributed by atoms with Gasteiger partial charge in [0.25, 0.3) is 0 Å². The van der Waals surface area contributed by atoms with E-state index in [1.54, 1.807) is 4.90 Å². The molecule has 5 nitrogen and oxygen atoms in total. The van der Waals surface area contributed by atoms with Crippen LogP contribution in [0.3, 0.4) is 0 Å². The van der Waals surface area contributed by atoms with Crippen molar-refractivity contribution in [2.75, 3.05) is 26.3 Å². The van der Waals surface area contributed by atoms with Gasteiger partial charge in [-0.05, 0) is 12.8 Å². The quantitative estimate of drug-likeness (QED) is 0.713. The fourth-order valence-corrected chi connectivity index (χ4v) is 1.91. The summed E-state index contributed by atoms with van der Waals surface area (Å²) in [5.74, 6) is -0.880. The molecule has 5 heteroatoms. The average Bonchev–Trinajstić information content (AvgIpc) is 2.29. The summed E-state index contributed by atoms with van der Waals surface area (Å²) in [4.78, 5) is 12.8. The Morgan fingerprint density at radius 3 is 2.62 bits per heavy atom. The van der Waals surface area contributed by atoms with Crippen LogP contribution in [0.25, 0.3) is 0 Å². The first-order chi connectivity index (χ1) is 7.52. The second kappa shape index (κ2) is 5.61. The number of aliphatic hydroxyl groups is 1. The van der Waals surface area contributed by atoms with Crippen LogP contribution in [0.1, 0.15) is 26.7 Å². The summed E-state index contributed by atoms with van der Waals surface area (Å²) in [6, 6.07) is -0.627. The first-order valence-corrected chi connectivity index (χ1v) is 5.79. The monoisotopic (exact) mass is 231 g/mol. The standard InChI is InChI=1S/C11H21NO4/c1-3-11(15,4-2)8-12-5-6-16-7-9(12)10(13)14/h9,15H,3-8H2,1-2H3,(H,13,14). The second-order valence-corrected chi connectivity index (χ2v) is 4.33. The number of β-amino-alcohol motifs (C(OH)–C–C–N with tert-alkyl or cyclic N) is 1. The largest absolute Gasteiger partial charge is 0.480 e. The molecule has 1 aliphatic heterocycles. The lowest BCUT2D eigenvalue weighted by Crippen LogP contribution is -2.55.